The first kappa shape index (κ1) is 14.7. The maximum absolute atomic E-state index is 10.9. The second-order valence-corrected chi connectivity index (χ2v) is 5.09. The number of morpholine rings is 1. The average molecular weight is 280 g/mol. The monoisotopic (exact) mass is 280 g/mol. The molecule has 1 saturated heterocycles. The molecule has 1 aromatic carbocycles. The number of nitro groups is 1. The van der Waals surface area contributed by atoms with Gasteiger partial charge in [0.05, 0.1) is 35.8 Å². The van der Waals surface area contributed by atoms with Crippen molar-refractivity contribution < 1.29 is 14.8 Å². The van der Waals surface area contributed by atoms with Crippen molar-refractivity contribution in [1.29, 1.82) is 0 Å². The van der Waals surface area contributed by atoms with E-state index in [-0.39, 0.29) is 24.4 Å². The Kier molecular flexibility index (Phi) is 4.57. The highest BCUT2D eigenvalue weighted by molar-refractivity contribution is 5.56. The molecule has 2 unspecified atom stereocenters. The van der Waals surface area contributed by atoms with Gasteiger partial charge in [0.1, 0.15) is 0 Å². The van der Waals surface area contributed by atoms with Crippen LogP contribution in [-0.2, 0) is 11.3 Å². The van der Waals surface area contributed by atoms with E-state index in [1.165, 1.54) is 6.07 Å². The predicted molar refractivity (Wildman–Crippen MR) is 75.9 cm³/mol. The van der Waals surface area contributed by atoms with Gasteiger partial charge in [-0.2, -0.15) is 0 Å². The van der Waals surface area contributed by atoms with Gasteiger partial charge in [0.25, 0.3) is 5.69 Å². The SMILES string of the molecule is CCC1COC(C)CN1c1ccc([N+](=O)[O-])c(CO)c1. The molecule has 0 bridgehead atoms. The summed E-state index contributed by atoms with van der Waals surface area (Å²) in [6.07, 6.45) is 1.07. The summed E-state index contributed by atoms with van der Waals surface area (Å²) in [6.45, 7) is 5.18. The van der Waals surface area contributed by atoms with Crippen LogP contribution < -0.4 is 4.90 Å². The van der Waals surface area contributed by atoms with Crippen molar-refractivity contribution in [3.05, 3.63) is 33.9 Å². The fourth-order valence-corrected chi connectivity index (χ4v) is 2.55. The molecule has 0 radical (unpaired) electrons. The Hall–Kier alpha value is -1.66. The largest absolute Gasteiger partial charge is 0.391 e. The van der Waals surface area contributed by atoms with Crippen LogP contribution in [-0.4, -0.2) is 35.3 Å². The molecule has 1 heterocycles. The van der Waals surface area contributed by atoms with Crippen LogP contribution in [0.1, 0.15) is 25.8 Å². The fraction of sp³-hybridized carbons (Fsp3) is 0.571. The molecule has 1 aromatic rings. The van der Waals surface area contributed by atoms with Gasteiger partial charge in [0.15, 0.2) is 0 Å². The number of hydrogen-bond donors (Lipinski definition) is 1. The number of benzene rings is 1. The zero-order chi connectivity index (χ0) is 14.7. The van der Waals surface area contributed by atoms with Crippen molar-refractivity contribution in [2.24, 2.45) is 0 Å². The molecule has 1 N–H and O–H groups in total. The standard InChI is InChI=1S/C14H20N2O4/c1-3-12-9-20-10(2)7-15(12)13-4-5-14(16(18)19)11(6-13)8-17/h4-6,10,12,17H,3,7-9H2,1-2H3. The summed E-state index contributed by atoms with van der Waals surface area (Å²) in [7, 11) is 0. The Balaban J connectivity index is 2.33. The third kappa shape index (κ3) is 2.91. The summed E-state index contributed by atoms with van der Waals surface area (Å²) < 4.78 is 5.65. The van der Waals surface area contributed by atoms with E-state index >= 15 is 0 Å². The number of nitro benzene ring substituents is 1. The van der Waals surface area contributed by atoms with E-state index in [2.05, 4.69) is 11.8 Å². The molecule has 6 nitrogen and oxygen atoms in total. The minimum Gasteiger partial charge on any atom is -0.391 e. The first-order chi connectivity index (χ1) is 9.56. The molecular weight excluding hydrogens is 260 g/mol. The smallest absolute Gasteiger partial charge is 0.275 e. The maximum Gasteiger partial charge on any atom is 0.275 e. The first-order valence-corrected chi connectivity index (χ1v) is 6.83. The van der Waals surface area contributed by atoms with E-state index in [0.29, 0.717) is 12.2 Å². The number of rotatable bonds is 4. The van der Waals surface area contributed by atoms with Gasteiger partial charge in [-0.1, -0.05) is 6.92 Å². The van der Waals surface area contributed by atoms with Gasteiger partial charge in [-0.25, -0.2) is 0 Å². The van der Waals surface area contributed by atoms with E-state index < -0.39 is 4.92 Å². The summed E-state index contributed by atoms with van der Waals surface area (Å²) in [5, 5.41) is 20.2. The van der Waals surface area contributed by atoms with E-state index in [4.69, 9.17) is 4.74 Å². The van der Waals surface area contributed by atoms with Gasteiger partial charge < -0.3 is 14.7 Å². The van der Waals surface area contributed by atoms with Crippen molar-refractivity contribution in [3.63, 3.8) is 0 Å². The Labute approximate surface area is 118 Å². The van der Waals surface area contributed by atoms with E-state index in [0.717, 1.165) is 18.7 Å². The fourth-order valence-electron chi connectivity index (χ4n) is 2.55. The van der Waals surface area contributed by atoms with Crippen LogP contribution >= 0.6 is 0 Å². The molecule has 2 atom stereocenters. The van der Waals surface area contributed by atoms with Gasteiger partial charge >= 0.3 is 0 Å². The second kappa shape index (κ2) is 6.19. The quantitative estimate of drug-likeness (QED) is 0.675. The minimum atomic E-state index is -0.464. The topological polar surface area (TPSA) is 75.8 Å². The number of hydrogen-bond acceptors (Lipinski definition) is 5. The van der Waals surface area contributed by atoms with Crippen LogP contribution in [0.25, 0.3) is 0 Å². The van der Waals surface area contributed by atoms with Gasteiger partial charge in [-0.15, -0.1) is 0 Å². The normalized spacial score (nSPS) is 22.9. The number of aliphatic hydroxyl groups excluding tert-OH is 1. The summed E-state index contributed by atoms with van der Waals surface area (Å²) >= 11 is 0. The summed E-state index contributed by atoms with van der Waals surface area (Å²) in [4.78, 5) is 12.6. The molecule has 0 aliphatic carbocycles. The highest BCUT2D eigenvalue weighted by Crippen LogP contribution is 2.28. The second-order valence-electron chi connectivity index (χ2n) is 5.09. The Morgan fingerprint density at radius 3 is 2.90 bits per heavy atom. The summed E-state index contributed by atoms with van der Waals surface area (Å²) in [5.41, 5.74) is 1.22. The van der Waals surface area contributed by atoms with Crippen LogP contribution in [0.3, 0.4) is 0 Å². The van der Waals surface area contributed by atoms with Crippen LogP contribution in [0.5, 0.6) is 0 Å². The lowest BCUT2D eigenvalue weighted by Gasteiger charge is -2.40. The lowest BCUT2D eigenvalue weighted by molar-refractivity contribution is -0.385. The van der Waals surface area contributed by atoms with Crippen molar-refractivity contribution in [1.82, 2.24) is 0 Å². The molecule has 6 heteroatoms. The molecule has 0 aromatic heterocycles. The third-order valence-corrected chi connectivity index (χ3v) is 3.70. The Morgan fingerprint density at radius 2 is 2.30 bits per heavy atom. The summed E-state index contributed by atoms with van der Waals surface area (Å²) in [5.74, 6) is 0. The van der Waals surface area contributed by atoms with Gasteiger partial charge in [0, 0.05) is 18.3 Å². The molecule has 2 rings (SSSR count). The zero-order valence-corrected chi connectivity index (χ0v) is 11.8. The van der Waals surface area contributed by atoms with Gasteiger partial charge in [-0.3, -0.25) is 10.1 Å². The zero-order valence-electron chi connectivity index (χ0n) is 11.8. The number of ether oxygens (including phenoxy) is 1. The van der Waals surface area contributed by atoms with Gasteiger partial charge in [-0.05, 0) is 25.5 Å². The molecule has 1 aliphatic rings. The maximum atomic E-state index is 10.9. The molecule has 1 fully saturated rings. The predicted octanol–water partition coefficient (Wildman–Crippen LogP) is 2.09. The van der Waals surface area contributed by atoms with E-state index in [1.54, 1.807) is 12.1 Å². The van der Waals surface area contributed by atoms with Crippen LogP contribution in [0.15, 0.2) is 18.2 Å². The number of anilines is 1. The van der Waals surface area contributed by atoms with Crippen molar-refractivity contribution in [2.75, 3.05) is 18.1 Å². The third-order valence-electron chi connectivity index (χ3n) is 3.70. The van der Waals surface area contributed by atoms with Crippen LogP contribution in [0, 0.1) is 10.1 Å². The summed E-state index contributed by atoms with van der Waals surface area (Å²) in [6, 6.07) is 5.18. The number of nitrogens with zero attached hydrogens (tertiary/aromatic N) is 2. The van der Waals surface area contributed by atoms with Crippen LogP contribution in [0.4, 0.5) is 11.4 Å². The lowest BCUT2D eigenvalue weighted by Crippen LogP contribution is -2.48. The molecular formula is C14H20N2O4. The Morgan fingerprint density at radius 1 is 1.55 bits per heavy atom. The van der Waals surface area contributed by atoms with Crippen molar-refractivity contribution >= 4 is 11.4 Å². The molecule has 1 aliphatic heterocycles. The molecule has 0 spiro atoms. The van der Waals surface area contributed by atoms with E-state index in [9.17, 15) is 15.2 Å². The molecule has 0 saturated carbocycles. The first-order valence-electron chi connectivity index (χ1n) is 6.83. The van der Waals surface area contributed by atoms with E-state index in [1.807, 2.05) is 6.92 Å². The lowest BCUT2D eigenvalue weighted by atomic mass is 10.1. The molecule has 20 heavy (non-hydrogen) atoms. The highest BCUT2D eigenvalue weighted by Gasteiger charge is 2.27. The highest BCUT2D eigenvalue weighted by atomic mass is 16.6. The Bertz CT molecular complexity index is 492. The molecule has 0 amide bonds. The number of aliphatic hydroxyl groups is 1. The minimum absolute atomic E-state index is 0.0365. The average Bonchev–Trinajstić information content (AvgIpc) is 2.46. The molecule has 110 valence electrons. The van der Waals surface area contributed by atoms with Gasteiger partial charge in [0.2, 0.25) is 0 Å². The van der Waals surface area contributed by atoms with Crippen molar-refractivity contribution in [2.45, 2.75) is 39.0 Å². The van der Waals surface area contributed by atoms with Crippen molar-refractivity contribution in [3.8, 4) is 0 Å². The van der Waals surface area contributed by atoms with Crippen LogP contribution in [0.2, 0.25) is 0 Å².